The Balaban J connectivity index is 1.71. The van der Waals surface area contributed by atoms with Crippen molar-refractivity contribution in [2.24, 2.45) is 0 Å². The molecule has 0 aromatic heterocycles. The molecule has 2 N–H and O–H groups in total. The maximum Gasteiger partial charge on any atom is 0.251 e. The smallest absolute Gasteiger partial charge is 0.251 e. The van der Waals surface area contributed by atoms with Crippen molar-refractivity contribution in [3.63, 3.8) is 0 Å². The van der Waals surface area contributed by atoms with Crippen LogP contribution in [0, 0.1) is 0 Å². The van der Waals surface area contributed by atoms with Gasteiger partial charge >= 0.3 is 0 Å². The third-order valence-electron chi connectivity index (χ3n) is 4.31. The molecular formula is C23H22N2O3. The number of nitrogens with one attached hydrogen (secondary N) is 2. The van der Waals surface area contributed by atoms with Gasteiger partial charge in [0.1, 0.15) is 5.75 Å². The minimum Gasteiger partial charge on any atom is -0.497 e. The Labute approximate surface area is 164 Å². The zero-order valence-corrected chi connectivity index (χ0v) is 15.6. The summed E-state index contributed by atoms with van der Waals surface area (Å²) in [5, 5.41) is 5.83. The van der Waals surface area contributed by atoms with E-state index >= 15 is 0 Å². The van der Waals surface area contributed by atoms with E-state index in [2.05, 4.69) is 10.6 Å². The molecule has 2 amide bonds. The summed E-state index contributed by atoms with van der Waals surface area (Å²) in [7, 11) is 1.59. The largest absolute Gasteiger partial charge is 0.497 e. The molecule has 28 heavy (non-hydrogen) atoms. The lowest BCUT2D eigenvalue weighted by Crippen LogP contribution is -2.31. The summed E-state index contributed by atoms with van der Waals surface area (Å²) in [5.74, 6) is 0.314. The SMILES string of the molecule is COc1ccc(NC(=O)C[C@@H](NC(=O)c2ccccc2)c2ccccc2)cc1. The van der Waals surface area contributed by atoms with Gasteiger partial charge in [0.25, 0.3) is 5.91 Å². The van der Waals surface area contributed by atoms with Crippen LogP contribution in [0.3, 0.4) is 0 Å². The molecule has 3 rings (SSSR count). The second-order valence-electron chi connectivity index (χ2n) is 6.28. The van der Waals surface area contributed by atoms with E-state index in [0.29, 0.717) is 11.3 Å². The van der Waals surface area contributed by atoms with Gasteiger partial charge in [0.15, 0.2) is 0 Å². The summed E-state index contributed by atoms with van der Waals surface area (Å²) in [6.45, 7) is 0. The van der Waals surface area contributed by atoms with Crippen molar-refractivity contribution in [1.82, 2.24) is 5.32 Å². The summed E-state index contributed by atoms with van der Waals surface area (Å²) >= 11 is 0. The molecule has 142 valence electrons. The predicted molar refractivity (Wildman–Crippen MR) is 109 cm³/mol. The molecule has 1 atom stereocenters. The highest BCUT2D eigenvalue weighted by atomic mass is 16.5. The summed E-state index contributed by atoms with van der Waals surface area (Å²) in [4.78, 5) is 25.2. The highest BCUT2D eigenvalue weighted by Crippen LogP contribution is 2.20. The fraction of sp³-hybridized carbons (Fsp3) is 0.130. The molecular weight excluding hydrogens is 352 g/mol. The third kappa shape index (κ3) is 5.20. The van der Waals surface area contributed by atoms with Crippen LogP contribution in [0.1, 0.15) is 28.4 Å². The van der Waals surface area contributed by atoms with E-state index < -0.39 is 6.04 Å². The minimum atomic E-state index is -0.438. The number of hydrogen-bond donors (Lipinski definition) is 2. The summed E-state index contributed by atoms with van der Waals surface area (Å²) < 4.78 is 5.12. The topological polar surface area (TPSA) is 67.4 Å². The van der Waals surface area contributed by atoms with Gasteiger partial charge in [-0.1, -0.05) is 48.5 Å². The minimum absolute atomic E-state index is 0.120. The second kappa shape index (κ2) is 9.37. The van der Waals surface area contributed by atoms with Gasteiger partial charge in [-0.05, 0) is 42.0 Å². The fourth-order valence-corrected chi connectivity index (χ4v) is 2.84. The molecule has 0 radical (unpaired) electrons. The molecule has 0 saturated carbocycles. The Bertz CT molecular complexity index is 910. The van der Waals surface area contributed by atoms with Crippen molar-refractivity contribution in [3.05, 3.63) is 96.1 Å². The monoisotopic (exact) mass is 374 g/mol. The van der Waals surface area contributed by atoms with Crippen LogP contribution in [0.2, 0.25) is 0 Å². The van der Waals surface area contributed by atoms with Crippen molar-refractivity contribution in [3.8, 4) is 5.75 Å². The first kappa shape index (κ1) is 19.2. The van der Waals surface area contributed by atoms with Crippen LogP contribution in [0.5, 0.6) is 5.75 Å². The standard InChI is InChI=1S/C23H22N2O3/c1-28-20-14-12-19(13-15-20)24-22(26)16-21(17-8-4-2-5-9-17)25-23(27)18-10-6-3-7-11-18/h2-15,21H,16H2,1H3,(H,24,26)(H,25,27)/t21-/m1/s1. The van der Waals surface area contributed by atoms with Crippen LogP contribution in [0.15, 0.2) is 84.9 Å². The number of benzene rings is 3. The fourth-order valence-electron chi connectivity index (χ4n) is 2.84. The van der Waals surface area contributed by atoms with Gasteiger partial charge in [-0.3, -0.25) is 9.59 Å². The zero-order chi connectivity index (χ0) is 19.8. The van der Waals surface area contributed by atoms with E-state index in [-0.39, 0.29) is 18.2 Å². The van der Waals surface area contributed by atoms with Crippen molar-refractivity contribution in [2.45, 2.75) is 12.5 Å². The van der Waals surface area contributed by atoms with Crippen LogP contribution in [0.25, 0.3) is 0 Å². The molecule has 0 aliphatic rings. The molecule has 0 aliphatic heterocycles. The normalized spacial score (nSPS) is 11.3. The molecule has 0 bridgehead atoms. The van der Waals surface area contributed by atoms with Crippen molar-refractivity contribution < 1.29 is 14.3 Å². The van der Waals surface area contributed by atoms with Gasteiger partial charge in [0.2, 0.25) is 5.91 Å². The van der Waals surface area contributed by atoms with Gasteiger partial charge in [0.05, 0.1) is 19.6 Å². The number of carbonyl (C=O) groups excluding carboxylic acids is 2. The highest BCUT2D eigenvalue weighted by molar-refractivity contribution is 5.95. The quantitative estimate of drug-likeness (QED) is 0.651. The molecule has 0 aliphatic carbocycles. The number of ether oxygens (including phenoxy) is 1. The molecule has 5 heteroatoms. The van der Waals surface area contributed by atoms with Crippen molar-refractivity contribution in [2.75, 3.05) is 12.4 Å². The molecule has 0 saturated heterocycles. The second-order valence-corrected chi connectivity index (χ2v) is 6.28. The van der Waals surface area contributed by atoms with E-state index in [1.165, 1.54) is 0 Å². The molecule has 0 unspecified atom stereocenters. The van der Waals surface area contributed by atoms with Crippen LogP contribution in [0.4, 0.5) is 5.69 Å². The molecule has 0 fully saturated rings. The lowest BCUT2D eigenvalue weighted by atomic mass is 10.0. The lowest BCUT2D eigenvalue weighted by molar-refractivity contribution is -0.116. The number of hydrogen-bond acceptors (Lipinski definition) is 3. The molecule has 0 heterocycles. The first-order chi connectivity index (χ1) is 13.7. The number of amides is 2. The number of anilines is 1. The lowest BCUT2D eigenvalue weighted by Gasteiger charge is -2.19. The van der Waals surface area contributed by atoms with Crippen molar-refractivity contribution in [1.29, 1.82) is 0 Å². The van der Waals surface area contributed by atoms with Crippen molar-refractivity contribution >= 4 is 17.5 Å². The Morgan fingerprint density at radius 3 is 2.07 bits per heavy atom. The van der Waals surface area contributed by atoms with Gasteiger partial charge in [0, 0.05) is 11.3 Å². The van der Waals surface area contributed by atoms with Crippen LogP contribution < -0.4 is 15.4 Å². The molecule has 3 aromatic rings. The maximum absolute atomic E-state index is 12.6. The number of methoxy groups -OCH3 is 1. The van der Waals surface area contributed by atoms with Crippen LogP contribution >= 0.6 is 0 Å². The Morgan fingerprint density at radius 1 is 0.857 bits per heavy atom. The van der Waals surface area contributed by atoms with Crippen LogP contribution in [-0.2, 0) is 4.79 Å². The number of carbonyl (C=O) groups is 2. The Morgan fingerprint density at radius 2 is 1.46 bits per heavy atom. The predicted octanol–water partition coefficient (Wildman–Crippen LogP) is 4.20. The molecule has 0 spiro atoms. The average Bonchev–Trinajstić information content (AvgIpc) is 2.75. The zero-order valence-electron chi connectivity index (χ0n) is 15.6. The van der Waals surface area contributed by atoms with E-state index in [4.69, 9.17) is 4.74 Å². The summed E-state index contributed by atoms with van der Waals surface area (Å²) in [6.07, 6.45) is 0.120. The van der Waals surface area contributed by atoms with Gasteiger partial charge in [-0.15, -0.1) is 0 Å². The van der Waals surface area contributed by atoms with E-state index in [1.807, 2.05) is 48.5 Å². The maximum atomic E-state index is 12.6. The van der Waals surface area contributed by atoms with Gasteiger partial charge < -0.3 is 15.4 Å². The molecule has 5 nitrogen and oxygen atoms in total. The van der Waals surface area contributed by atoms with E-state index in [0.717, 1.165) is 11.3 Å². The first-order valence-electron chi connectivity index (χ1n) is 9.00. The van der Waals surface area contributed by atoms with E-state index in [1.54, 1.807) is 43.5 Å². The van der Waals surface area contributed by atoms with Gasteiger partial charge in [-0.2, -0.15) is 0 Å². The highest BCUT2D eigenvalue weighted by Gasteiger charge is 2.19. The summed E-state index contributed by atoms with van der Waals surface area (Å²) in [6, 6.07) is 25.1. The average molecular weight is 374 g/mol. The Kier molecular flexibility index (Phi) is 6.41. The Hall–Kier alpha value is -3.60. The third-order valence-corrected chi connectivity index (χ3v) is 4.31. The summed E-state index contributed by atoms with van der Waals surface area (Å²) in [5.41, 5.74) is 2.10. The molecule has 3 aromatic carbocycles. The number of rotatable bonds is 7. The van der Waals surface area contributed by atoms with Gasteiger partial charge in [-0.25, -0.2) is 0 Å². The van der Waals surface area contributed by atoms with E-state index in [9.17, 15) is 9.59 Å². The first-order valence-corrected chi connectivity index (χ1v) is 9.00. The van der Waals surface area contributed by atoms with Crippen LogP contribution in [-0.4, -0.2) is 18.9 Å².